The van der Waals surface area contributed by atoms with Crippen LogP contribution in [0.2, 0.25) is 0 Å². The van der Waals surface area contributed by atoms with Crippen LogP contribution >= 0.6 is 0 Å². The zero-order valence-electron chi connectivity index (χ0n) is 11.8. The fourth-order valence-electron chi connectivity index (χ4n) is 3.28. The van der Waals surface area contributed by atoms with E-state index >= 15 is 0 Å². The third-order valence-corrected chi connectivity index (χ3v) is 4.44. The van der Waals surface area contributed by atoms with Gasteiger partial charge in [-0.2, -0.15) is 0 Å². The topological polar surface area (TPSA) is 35.9 Å². The number of nitrogens with zero attached hydrogens (tertiary/aromatic N) is 2. The van der Waals surface area contributed by atoms with Gasteiger partial charge in [-0.15, -0.1) is 0 Å². The lowest BCUT2D eigenvalue weighted by molar-refractivity contribution is 0.0566. The normalized spacial score (nSPS) is 31.3. The molecule has 0 aromatic heterocycles. The minimum absolute atomic E-state index is 0.228. The van der Waals surface area contributed by atoms with Crippen molar-refractivity contribution in [3.63, 3.8) is 0 Å². The van der Waals surface area contributed by atoms with Gasteiger partial charge in [0.05, 0.1) is 12.7 Å². The van der Waals surface area contributed by atoms with Crippen LogP contribution in [-0.4, -0.2) is 73.5 Å². The molecule has 4 nitrogen and oxygen atoms in total. The molecule has 0 saturated carbocycles. The van der Waals surface area contributed by atoms with Gasteiger partial charge in [0.25, 0.3) is 0 Å². The van der Waals surface area contributed by atoms with E-state index in [1.54, 1.807) is 0 Å². The first-order valence-electron chi connectivity index (χ1n) is 7.39. The first kappa shape index (κ1) is 14.3. The van der Waals surface area contributed by atoms with E-state index in [0.717, 1.165) is 39.3 Å². The summed E-state index contributed by atoms with van der Waals surface area (Å²) in [6.45, 7) is 8.05. The van der Waals surface area contributed by atoms with Crippen LogP contribution in [-0.2, 0) is 4.74 Å². The highest BCUT2D eigenvalue weighted by Crippen LogP contribution is 2.20. The molecule has 2 aliphatic rings. The van der Waals surface area contributed by atoms with Crippen molar-refractivity contribution in [1.82, 2.24) is 9.80 Å². The maximum atomic E-state index is 10.2. The highest BCUT2D eigenvalue weighted by Gasteiger charge is 2.27. The first-order chi connectivity index (χ1) is 8.70. The molecule has 3 unspecified atom stereocenters. The molecule has 0 amide bonds. The van der Waals surface area contributed by atoms with Crippen LogP contribution in [0, 0.1) is 5.92 Å². The number of likely N-dealkylation sites (N-methyl/N-ethyl adjacent to an activating group) is 2. The highest BCUT2D eigenvalue weighted by atomic mass is 16.5. The largest absolute Gasteiger partial charge is 0.391 e. The Morgan fingerprint density at radius 3 is 2.94 bits per heavy atom. The number of hydrogen-bond acceptors (Lipinski definition) is 4. The minimum Gasteiger partial charge on any atom is -0.391 e. The Labute approximate surface area is 111 Å². The predicted molar refractivity (Wildman–Crippen MR) is 72.7 cm³/mol. The molecule has 0 aromatic carbocycles. The fraction of sp³-hybridized carbons (Fsp3) is 1.00. The molecule has 1 N–H and O–H groups in total. The molecule has 2 rings (SSSR count). The molecule has 0 bridgehead atoms. The monoisotopic (exact) mass is 256 g/mol. The highest BCUT2D eigenvalue weighted by molar-refractivity contribution is 4.82. The van der Waals surface area contributed by atoms with Crippen LogP contribution in [0.5, 0.6) is 0 Å². The van der Waals surface area contributed by atoms with Gasteiger partial charge in [0.2, 0.25) is 0 Å². The van der Waals surface area contributed by atoms with E-state index in [4.69, 9.17) is 4.74 Å². The van der Waals surface area contributed by atoms with E-state index in [2.05, 4.69) is 23.8 Å². The van der Waals surface area contributed by atoms with Crippen molar-refractivity contribution >= 4 is 0 Å². The average Bonchev–Trinajstić information content (AvgIpc) is 2.98. The van der Waals surface area contributed by atoms with Crippen molar-refractivity contribution in [3.8, 4) is 0 Å². The van der Waals surface area contributed by atoms with Gasteiger partial charge in [0, 0.05) is 31.7 Å². The van der Waals surface area contributed by atoms with Gasteiger partial charge in [-0.05, 0) is 39.4 Å². The molecular formula is C14H28N2O2. The maximum absolute atomic E-state index is 10.2. The molecule has 2 fully saturated rings. The van der Waals surface area contributed by atoms with Crippen molar-refractivity contribution < 1.29 is 9.84 Å². The molecular weight excluding hydrogens is 228 g/mol. The number of aliphatic hydroxyl groups excluding tert-OH is 1. The zero-order chi connectivity index (χ0) is 13.0. The summed E-state index contributed by atoms with van der Waals surface area (Å²) < 4.78 is 5.34. The van der Waals surface area contributed by atoms with Crippen molar-refractivity contribution in [2.45, 2.75) is 38.3 Å². The van der Waals surface area contributed by atoms with Crippen molar-refractivity contribution in [2.24, 2.45) is 5.92 Å². The van der Waals surface area contributed by atoms with Gasteiger partial charge in [0.1, 0.15) is 0 Å². The summed E-state index contributed by atoms with van der Waals surface area (Å²) in [7, 11) is 2.13. The Balaban J connectivity index is 1.72. The van der Waals surface area contributed by atoms with E-state index in [1.807, 2.05) is 0 Å². The Hall–Kier alpha value is -0.160. The van der Waals surface area contributed by atoms with E-state index in [1.165, 1.54) is 19.4 Å². The third-order valence-electron chi connectivity index (χ3n) is 4.44. The molecule has 2 aliphatic heterocycles. The number of aliphatic hydroxyl groups is 1. The smallest absolute Gasteiger partial charge is 0.0717 e. The van der Waals surface area contributed by atoms with Crippen LogP contribution in [0.3, 0.4) is 0 Å². The predicted octanol–water partition coefficient (Wildman–Crippen LogP) is 0.800. The second kappa shape index (κ2) is 6.85. The van der Waals surface area contributed by atoms with E-state index in [9.17, 15) is 5.11 Å². The first-order valence-corrected chi connectivity index (χ1v) is 7.39. The zero-order valence-corrected chi connectivity index (χ0v) is 11.8. The lowest BCUT2D eigenvalue weighted by Gasteiger charge is -2.30. The van der Waals surface area contributed by atoms with Crippen LogP contribution in [0.4, 0.5) is 0 Å². The second-order valence-electron chi connectivity index (χ2n) is 5.84. The standard InChI is InChI=1S/C14H28N2O2/c1-3-16-7-4-5-13(16)9-15(2)10-14(17)12-6-8-18-11-12/h12-14,17H,3-11H2,1-2H3. The second-order valence-corrected chi connectivity index (χ2v) is 5.84. The molecule has 106 valence electrons. The summed E-state index contributed by atoms with van der Waals surface area (Å²) >= 11 is 0. The number of ether oxygens (including phenoxy) is 1. The number of hydrogen-bond donors (Lipinski definition) is 1. The maximum Gasteiger partial charge on any atom is 0.0717 e. The van der Waals surface area contributed by atoms with Gasteiger partial charge in [0.15, 0.2) is 0 Å². The third kappa shape index (κ3) is 3.67. The molecule has 3 atom stereocenters. The van der Waals surface area contributed by atoms with E-state index in [0.29, 0.717) is 12.0 Å². The Bertz CT molecular complexity index is 244. The summed E-state index contributed by atoms with van der Waals surface area (Å²) in [4.78, 5) is 4.85. The quantitative estimate of drug-likeness (QED) is 0.762. The molecule has 2 heterocycles. The molecule has 0 aliphatic carbocycles. The Kier molecular flexibility index (Phi) is 5.42. The van der Waals surface area contributed by atoms with Crippen LogP contribution in [0.15, 0.2) is 0 Å². The van der Waals surface area contributed by atoms with E-state index < -0.39 is 0 Å². The lowest BCUT2D eigenvalue weighted by atomic mass is 10.0. The van der Waals surface area contributed by atoms with Gasteiger partial charge in [-0.25, -0.2) is 0 Å². The van der Waals surface area contributed by atoms with Crippen LogP contribution in [0.25, 0.3) is 0 Å². The average molecular weight is 256 g/mol. The summed E-state index contributed by atoms with van der Waals surface area (Å²) in [5.41, 5.74) is 0. The fourth-order valence-corrected chi connectivity index (χ4v) is 3.28. The summed E-state index contributed by atoms with van der Waals surface area (Å²) in [6.07, 6.45) is 3.42. The van der Waals surface area contributed by atoms with Gasteiger partial charge in [-0.3, -0.25) is 4.90 Å². The van der Waals surface area contributed by atoms with Crippen molar-refractivity contribution in [2.75, 3.05) is 46.4 Å². The van der Waals surface area contributed by atoms with E-state index in [-0.39, 0.29) is 6.10 Å². The molecule has 0 spiro atoms. The van der Waals surface area contributed by atoms with Crippen LogP contribution < -0.4 is 0 Å². The van der Waals surface area contributed by atoms with Crippen molar-refractivity contribution in [3.05, 3.63) is 0 Å². The van der Waals surface area contributed by atoms with Gasteiger partial charge in [-0.1, -0.05) is 6.92 Å². The summed E-state index contributed by atoms with van der Waals surface area (Å²) in [5, 5.41) is 10.2. The lowest BCUT2D eigenvalue weighted by Crippen LogP contribution is -2.42. The summed E-state index contributed by atoms with van der Waals surface area (Å²) in [5.74, 6) is 0.346. The van der Waals surface area contributed by atoms with Gasteiger partial charge < -0.3 is 14.7 Å². The van der Waals surface area contributed by atoms with Crippen molar-refractivity contribution in [1.29, 1.82) is 0 Å². The minimum atomic E-state index is -0.228. The summed E-state index contributed by atoms with van der Waals surface area (Å²) in [6, 6.07) is 0.687. The SMILES string of the molecule is CCN1CCCC1CN(C)CC(O)C1CCOC1. The van der Waals surface area contributed by atoms with Crippen LogP contribution in [0.1, 0.15) is 26.2 Å². The number of rotatable bonds is 6. The molecule has 2 saturated heterocycles. The Morgan fingerprint density at radius 2 is 2.28 bits per heavy atom. The molecule has 4 heteroatoms. The number of likely N-dealkylation sites (tertiary alicyclic amines) is 1. The molecule has 18 heavy (non-hydrogen) atoms. The molecule has 0 radical (unpaired) electrons. The van der Waals surface area contributed by atoms with Gasteiger partial charge >= 0.3 is 0 Å². The Morgan fingerprint density at radius 1 is 1.44 bits per heavy atom. The molecule has 0 aromatic rings.